The molecule has 5 unspecified atom stereocenters. The molecule has 7 heteroatoms. The van der Waals surface area contributed by atoms with Gasteiger partial charge >= 0.3 is 0 Å². The highest BCUT2D eigenvalue weighted by Gasteiger charge is 2.25. The van der Waals surface area contributed by atoms with Gasteiger partial charge in [0.25, 0.3) is 0 Å². The molecular weight excluding hydrogens is 773 g/mol. The van der Waals surface area contributed by atoms with E-state index in [2.05, 4.69) is 77.3 Å². The average Bonchev–Trinajstić information content (AvgIpc) is 3.51. The topological polar surface area (TPSA) is 143 Å². The Balaban J connectivity index is -0.000000204. The molecule has 0 aliphatic heterocycles. The van der Waals surface area contributed by atoms with Crippen molar-refractivity contribution in [2.75, 3.05) is 13.1 Å². The Morgan fingerprint density at radius 1 is 0.730 bits per heavy atom. The molecule has 376 valence electrons. The minimum atomic E-state index is 0. The van der Waals surface area contributed by atoms with Gasteiger partial charge in [0.15, 0.2) is 0 Å². The van der Waals surface area contributed by atoms with Crippen molar-refractivity contribution in [2.24, 2.45) is 52.7 Å². The molecule has 63 heavy (non-hydrogen) atoms. The van der Waals surface area contributed by atoms with Crippen LogP contribution in [0, 0.1) is 40.9 Å². The molecule has 9 N–H and O–H groups in total. The van der Waals surface area contributed by atoms with Crippen LogP contribution in [0.15, 0.2) is 61.5 Å². The monoisotopic (exact) mass is 889 g/mol. The average molecular weight is 890 g/mol. The summed E-state index contributed by atoms with van der Waals surface area (Å²) in [5.74, 6) is 3.47. The fourth-order valence-electron chi connectivity index (χ4n) is 7.72. The van der Waals surface area contributed by atoms with Crippen molar-refractivity contribution in [2.45, 2.75) is 238 Å². The highest BCUT2D eigenvalue weighted by molar-refractivity contribution is 5.78. The quantitative estimate of drug-likeness (QED) is 0.0248. The zero-order chi connectivity index (χ0) is 47.6. The lowest BCUT2D eigenvalue weighted by atomic mass is 9.82. The van der Waals surface area contributed by atoms with E-state index in [0.717, 1.165) is 81.8 Å². The van der Waals surface area contributed by atoms with Gasteiger partial charge in [0.05, 0.1) is 11.9 Å². The molecule has 0 heterocycles. The molecule has 5 atom stereocenters. The molecule has 0 aromatic carbocycles. The molecule has 0 saturated heterocycles. The minimum Gasteiger partial charge on any atom is -0.402 e. The molecule has 2 aliphatic carbocycles. The van der Waals surface area contributed by atoms with Crippen molar-refractivity contribution in [3.8, 4) is 0 Å². The number of nitrogens with one attached hydrogen (secondary N) is 3. The van der Waals surface area contributed by atoms with Crippen molar-refractivity contribution in [1.82, 2.24) is 10.6 Å². The lowest BCUT2D eigenvalue weighted by Crippen LogP contribution is -2.44. The first kappa shape index (κ1) is 71.8. The van der Waals surface area contributed by atoms with Gasteiger partial charge in [-0.05, 0) is 95.9 Å². The van der Waals surface area contributed by atoms with Gasteiger partial charge in [0.2, 0.25) is 5.91 Å². The normalized spacial score (nSPS) is 15.6. The predicted octanol–water partition coefficient (Wildman–Crippen LogP) is 16.0. The van der Waals surface area contributed by atoms with Crippen LogP contribution in [0.4, 0.5) is 0 Å². The SMILES string of the molecule is C.C.C=C(C)C.C=C(CC(CCCN)C(=C)N)C(C)CC1CCCCCC1.C=CC(CCCC)CNC(=C)C(CC1CCCCC1)NC(=O)C(C)CCCC.CC.CC.CC(=N)N. The van der Waals surface area contributed by atoms with E-state index in [4.69, 9.17) is 22.6 Å². The van der Waals surface area contributed by atoms with E-state index in [-0.39, 0.29) is 38.6 Å². The number of nitrogens with two attached hydrogens (primary N) is 3. The number of amides is 1. The fourth-order valence-corrected chi connectivity index (χ4v) is 7.72. The third kappa shape index (κ3) is 45.6. The maximum atomic E-state index is 12.7. The molecule has 2 fully saturated rings. The maximum Gasteiger partial charge on any atom is 0.223 e. The molecular formula is C56H116N6O. The number of hydrogen-bond acceptors (Lipinski definition) is 5. The summed E-state index contributed by atoms with van der Waals surface area (Å²) in [6.07, 6.45) is 29.4. The Morgan fingerprint density at radius 3 is 1.57 bits per heavy atom. The summed E-state index contributed by atoms with van der Waals surface area (Å²) in [5.41, 5.74) is 20.6. The zero-order valence-electron chi connectivity index (χ0n) is 42.8. The van der Waals surface area contributed by atoms with Crippen LogP contribution in [-0.4, -0.2) is 30.9 Å². The molecule has 1 amide bonds. The molecule has 2 aliphatic rings. The van der Waals surface area contributed by atoms with Crippen LogP contribution in [0.1, 0.15) is 232 Å². The third-order valence-corrected chi connectivity index (χ3v) is 11.5. The Morgan fingerprint density at radius 2 is 1.16 bits per heavy atom. The van der Waals surface area contributed by atoms with Gasteiger partial charge in [-0.1, -0.05) is 204 Å². The van der Waals surface area contributed by atoms with Gasteiger partial charge in [0, 0.05) is 29.8 Å². The zero-order valence-corrected chi connectivity index (χ0v) is 42.8. The van der Waals surface area contributed by atoms with Gasteiger partial charge in [-0.15, -0.1) is 13.2 Å². The second kappa shape index (κ2) is 50.2. The standard InChI is InChI=1S/C25H46N2O.C19H36N2.C4H8.C2H6N2.2C2H6.2CH4/c1-6-9-14-20(4)25(28)27-24(18-23-16-12-11-13-17-23)21(5)26-19-22(8-3)15-10-7-2;1-15(13-18-9-6-4-5-7-10-18)16(2)14-19(17(3)21)11-8-12-20;1-4(2)3;1-2(3)4;2*1-2;;/h8,20,22-24,26H,3,5-7,9-19H2,1-2,4H3,(H,27,28);15,18-19H,2-14,20-21H2,1H3;1H2,2-3H3;1H3,(H3,3,4);2*1-2H3;2*1H4. The van der Waals surface area contributed by atoms with Crippen LogP contribution in [0.3, 0.4) is 0 Å². The lowest BCUT2D eigenvalue weighted by Gasteiger charge is -2.30. The first-order chi connectivity index (χ1) is 29.0. The fraction of sp³-hybridized carbons (Fsp3) is 0.786. The van der Waals surface area contributed by atoms with Crippen LogP contribution in [0.2, 0.25) is 0 Å². The van der Waals surface area contributed by atoms with E-state index in [1.807, 2.05) is 41.5 Å². The van der Waals surface area contributed by atoms with Gasteiger partial charge in [-0.2, -0.15) is 0 Å². The van der Waals surface area contributed by atoms with Crippen LogP contribution >= 0.6 is 0 Å². The maximum absolute atomic E-state index is 12.7. The van der Waals surface area contributed by atoms with Crippen molar-refractivity contribution in [3.05, 3.63) is 61.5 Å². The summed E-state index contributed by atoms with van der Waals surface area (Å²) < 4.78 is 0. The van der Waals surface area contributed by atoms with E-state index in [1.54, 1.807) is 0 Å². The summed E-state index contributed by atoms with van der Waals surface area (Å²) in [5, 5.41) is 13.1. The van der Waals surface area contributed by atoms with Gasteiger partial charge in [-0.3, -0.25) is 10.2 Å². The third-order valence-electron chi connectivity index (χ3n) is 11.5. The van der Waals surface area contributed by atoms with E-state index in [0.29, 0.717) is 23.7 Å². The predicted molar refractivity (Wildman–Crippen MR) is 290 cm³/mol. The number of unbranched alkanes of at least 4 members (excludes halogenated alkanes) is 2. The highest BCUT2D eigenvalue weighted by atomic mass is 16.1. The van der Waals surface area contributed by atoms with E-state index in [9.17, 15) is 4.79 Å². The molecule has 0 radical (unpaired) electrons. The molecule has 0 aromatic heterocycles. The Hall–Kier alpha value is -2.80. The first-order valence-electron chi connectivity index (χ1n) is 25.1. The number of hydrogen-bond donors (Lipinski definition) is 6. The second-order valence-electron chi connectivity index (χ2n) is 17.8. The van der Waals surface area contributed by atoms with Crippen LogP contribution < -0.4 is 27.8 Å². The number of amidine groups is 1. The van der Waals surface area contributed by atoms with Crippen molar-refractivity contribution in [1.29, 1.82) is 5.41 Å². The molecule has 7 nitrogen and oxygen atoms in total. The summed E-state index contributed by atoms with van der Waals surface area (Å²) >= 11 is 0. The summed E-state index contributed by atoms with van der Waals surface area (Å²) in [7, 11) is 0. The van der Waals surface area contributed by atoms with Crippen molar-refractivity contribution in [3.63, 3.8) is 0 Å². The lowest BCUT2D eigenvalue weighted by molar-refractivity contribution is -0.125. The van der Waals surface area contributed by atoms with E-state index < -0.39 is 0 Å². The van der Waals surface area contributed by atoms with Crippen LogP contribution in [0.5, 0.6) is 0 Å². The van der Waals surface area contributed by atoms with Gasteiger partial charge in [-0.25, -0.2) is 0 Å². The molecule has 0 aromatic rings. The van der Waals surface area contributed by atoms with Crippen molar-refractivity contribution < 1.29 is 4.79 Å². The summed E-state index contributed by atoms with van der Waals surface area (Å²) in [4.78, 5) is 12.7. The smallest absolute Gasteiger partial charge is 0.223 e. The van der Waals surface area contributed by atoms with Gasteiger partial charge in [0.1, 0.15) is 0 Å². The van der Waals surface area contributed by atoms with Crippen molar-refractivity contribution >= 4 is 11.7 Å². The number of carbonyl (C=O) groups excluding carboxylic acids is 1. The number of allylic oxidation sites excluding steroid dienone is 3. The largest absolute Gasteiger partial charge is 0.402 e. The Labute approximate surface area is 396 Å². The molecule has 2 rings (SSSR count). The van der Waals surface area contributed by atoms with Crippen LogP contribution in [-0.2, 0) is 4.79 Å². The van der Waals surface area contributed by atoms with Gasteiger partial charge < -0.3 is 27.8 Å². The van der Waals surface area contributed by atoms with E-state index in [1.165, 1.54) is 108 Å². The Kier molecular flexibility index (Phi) is 57.2. The highest BCUT2D eigenvalue weighted by Crippen LogP contribution is 2.33. The number of carbonyl (C=O) groups is 1. The molecule has 2 saturated carbocycles. The van der Waals surface area contributed by atoms with Crippen LogP contribution in [0.25, 0.3) is 0 Å². The second-order valence-corrected chi connectivity index (χ2v) is 17.8. The molecule has 0 spiro atoms. The summed E-state index contributed by atoms with van der Waals surface area (Å²) in [6, 6.07) is 0.0383. The Bertz CT molecular complexity index is 1080. The molecule has 0 bridgehead atoms. The van der Waals surface area contributed by atoms with E-state index >= 15 is 0 Å². The minimum absolute atomic E-state index is 0. The summed E-state index contributed by atoms with van der Waals surface area (Å²) in [6.45, 7) is 44.0. The number of rotatable bonds is 24. The first-order valence-corrected chi connectivity index (χ1v) is 25.1.